The zero-order valence-electron chi connectivity index (χ0n) is 12.5. The molecule has 1 heterocycles. The third-order valence-corrected chi connectivity index (χ3v) is 4.02. The minimum absolute atomic E-state index is 0.212. The maximum atomic E-state index is 9.98. The molecule has 0 fully saturated rings. The van der Waals surface area contributed by atoms with E-state index in [0.717, 1.165) is 18.4 Å². The van der Waals surface area contributed by atoms with E-state index in [1.165, 1.54) is 5.57 Å². The van der Waals surface area contributed by atoms with Gasteiger partial charge in [0.15, 0.2) is 0 Å². The number of phenols is 1. The van der Waals surface area contributed by atoms with Gasteiger partial charge in [-0.15, -0.1) is 0 Å². The highest BCUT2D eigenvalue weighted by Gasteiger charge is 2.30. The molecule has 2 rings (SSSR count). The Morgan fingerprint density at radius 2 is 2.15 bits per heavy atom. The molecular weight excluding hydrogens is 272 g/mol. The molecule has 1 aromatic carbocycles. The van der Waals surface area contributed by atoms with Gasteiger partial charge in [0.05, 0.1) is 10.6 Å². The van der Waals surface area contributed by atoms with E-state index in [-0.39, 0.29) is 11.4 Å². The molecule has 0 radical (unpaired) electrons. The fourth-order valence-corrected chi connectivity index (χ4v) is 2.52. The maximum absolute atomic E-state index is 9.98. The third-order valence-electron chi connectivity index (χ3n) is 3.55. The van der Waals surface area contributed by atoms with Crippen molar-refractivity contribution >= 4 is 17.7 Å². The second-order valence-corrected chi connectivity index (χ2v) is 6.22. The molecule has 1 atom stereocenters. The van der Waals surface area contributed by atoms with E-state index in [1.807, 2.05) is 26.0 Å². The highest BCUT2D eigenvalue weighted by atomic mass is 35.5. The number of phenolic OH excluding ortho intramolecular Hbond substituents is 1. The van der Waals surface area contributed by atoms with Crippen LogP contribution in [0.3, 0.4) is 0 Å². The first kappa shape index (κ1) is 15.0. The van der Waals surface area contributed by atoms with Gasteiger partial charge in [0.25, 0.3) is 0 Å². The molecule has 3 heteroatoms. The summed E-state index contributed by atoms with van der Waals surface area (Å²) in [6.45, 7) is 8.09. The second-order valence-electron chi connectivity index (χ2n) is 5.84. The van der Waals surface area contributed by atoms with E-state index < -0.39 is 0 Å². The van der Waals surface area contributed by atoms with Gasteiger partial charge < -0.3 is 9.84 Å². The number of aryl methyl sites for hydroxylation is 1. The summed E-state index contributed by atoms with van der Waals surface area (Å²) in [5, 5.41) is 10.6. The monoisotopic (exact) mass is 292 g/mol. The van der Waals surface area contributed by atoms with Gasteiger partial charge in [-0.25, -0.2) is 0 Å². The second kappa shape index (κ2) is 5.53. The number of rotatable bonds is 3. The van der Waals surface area contributed by atoms with E-state index in [0.29, 0.717) is 16.3 Å². The van der Waals surface area contributed by atoms with Crippen LogP contribution in [0.4, 0.5) is 0 Å². The molecule has 1 unspecified atom stereocenters. The Kier molecular flexibility index (Phi) is 4.14. The van der Waals surface area contributed by atoms with Gasteiger partial charge in [-0.3, -0.25) is 0 Å². The third kappa shape index (κ3) is 3.01. The molecule has 2 nitrogen and oxygen atoms in total. The van der Waals surface area contributed by atoms with E-state index in [4.69, 9.17) is 16.3 Å². The van der Waals surface area contributed by atoms with Crippen LogP contribution in [0.15, 0.2) is 23.8 Å². The zero-order valence-corrected chi connectivity index (χ0v) is 13.2. The van der Waals surface area contributed by atoms with Crippen molar-refractivity contribution in [2.75, 3.05) is 0 Å². The van der Waals surface area contributed by atoms with Crippen LogP contribution < -0.4 is 4.74 Å². The van der Waals surface area contributed by atoms with Crippen molar-refractivity contribution in [2.24, 2.45) is 0 Å². The number of fused-ring (bicyclic) bond motifs is 1. The molecule has 20 heavy (non-hydrogen) atoms. The van der Waals surface area contributed by atoms with Crippen molar-refractivity contribution in [2.45, 2.75) is 46.1 Å². The highest BCUT2D eigenvalue weighted by Crippen LogP contribution is 2.44. The minimum Gasteiger partial charge on any atom is -0.507 e. The lowest BCUT2D eigenvalue weighted by molar-refractivity contribution is 0.128. The molecule has 0 amide bonds. The molecule has 108 valence electrons. The van der Waals surface area contributed by atoms with Crippen LogP contribution in [0, 0.1) is 6.92 Å². The predicted molar refractivity (Wildman–Crippen MR) is 84.6 cm³/mol. The topological polar surface area (TPSA) is 29.5 Å². The minimum atomic E-state index is -0.386. The van der Waals surface area contributed by atoms with Gasteiger partial charge in [0.2, 0.25) is 0 Å². The summed E-state index contributed by atoms with van der Waals surface area (Å²) in [5.41, 5.74) is 2.41. The summed E-state index contributed by atoms with van der Waals surface area (Å²) in [6, 6.07) is 1.67. The maximum Gasteiger partial charge on any atom is 0.150 e. The predicted octanol–water partition coefficient (Wildman–Crippen LogP) is 5.26. The standard InChI is InChI=1S/C17H21ClO2/c1-11(2)6-5-8-17(4)9-7-13-14(19)10-12(3)15(18)16(13)20-17/h6-7,9-10,19H,5,8H2,1-4H3. The van der Waals surface area contributed by atoms with Crippen molar-refractivity contribution in [3.63, 3.8) is 0 Å². The summed E-state index contributed by atoms with van der Waals surface area (Å²) in [7, 11) is 0. The van der Waals surface area contributed by atoms with Crippen LogP contribution >= 0.6 is 11.6 Å². The fraction of sp³-hybridized carbons (Fsp3) is 0.412. The Labute approximate surface area is 125 Å². The van der Waals surface area contributed by atoms with E-state index in [2.05, 4.69) is 19.9 Å². The lowest BCUT2D eigenvalue weighted by Gasteiger charge is -2.32. The molecule has 1 aromatic rings. The van der Waals surface area contributed by atoms with Crippen LogP contribution in [0.2, 0.25) is 5.02 Å². The van der Waals surface area contributed by atoms with Gasteiger partial charge in [-0.1, -0.05) is 23.3 Å². The fourth-order valence-electron chi connectivity index (χ4n) is 2.33. The number of benzene rings is 1. The van der Waals surface area contributed by atoms with E-state index in [9.17, 15) is 5.11 Å². The average Bonchev–Trinajstić information content (AvgIpc) is 2.35. The van der Waals surface area contributed by atoms with Crippen molar-refractivity contribution in [1.29, 1.82) is 0 Å². The van der Waals surface area contributed by atoms with Crippen molar-refractivity contribution in [3.8, 4) is 11.5 Å². The molecule has 0 bridgehead atoms. The number of hydrogen-bond acceptors (Lipinski definition) is 2. The van der Waals surface area contributed by atoms with Gasteiger partial charge in [-0.05, 0) is 64.3 Å². The highest BCUT2D eigenvalue weighted by molar-refractivity contribution is 6.33. The van der Waals surface area contributed by atoms with E-state index >= 15 is 0 Å². The molecule has 1 aliphatic heterocycles. The van der Waals surface area contributed by atoms with Gasteiger partial charge in [-0.2, -0.15) is 0 Å². The summed E-state index contributed by atoms with van der Waals surface area (Å²) >= 11 is 6.31. The molecule has 1 aliphatic rings. The molecule has 0 saturated heterocycles. The van der Waals surface area contributed by atoms with Crippen LogP contribution in [0.25, 0.3) is 6.08 Å². The first-order valence-electron chi connectivity index (χ1n) is 6.86. The lowest BCUT2D eigenvalue weighted by Crippen LogP contribution is -2.32. The molecule has 0 aliphatic carbocycles. The van der Waals surface area contributed by atoms with Crippen LogP contribution in [-0.2, 0) is 0 Å². The van der Waals surface area contributed by atoms with Gasteiger partial charge in [0, 0.05) is 0 Å². The SMILES string of the molecule is CC(C)=CCCC1(C)C=Cc2c(O)cc(C)c(Cl)c2O1. The first-order chi connectivity index (χ1) is 9.32. The normalized spacial score (nSPS) is 20.2. The lowest BCUT2D eigenvalue weighted by atomic mass is 9.94. The summed E-state index contributed by atoms with van der Waals surface area (Å²) in [4.78, 5) is 0. The Hall–Kier alpha value is -1.41. The van der Waals surface area contributed by atoms with E-state index in [1.54, 1.807) is 6.07 Å². The van der Waals surface area contributed by atoms with Gasteiger partial charge in [0.1, 0.15) is 17.1 Å². The number of hydrogen-bond donors (Lipinski definition) is 1. The largest absolute Gasteiger partial charge is 0.507 e. The van der Waals surface area contributed by atoms with Crippen molar-refractivity contribution in [1.82, 2.24) is 0 Å². The first-order valence-corrected chi connectivity index (χ1v) is 7.24. The smallest absolute Gasteiger partial charge is 0.150 e. The van der Waals surface area contributed by atoms with Crippen LogP contribution in [0.1, 0.15) is 44.7 Å². The van der Waals surface area contributed by atoms with Gasteiger partial charge >= 0.3 is 0 Å². The molecule has 0 spiro atoms. The molecular formula is C17H21ClO2. The molecule has 0 saturated carbocycles. The summed E-state index contributed by atoms with van der Waals surface area (Å²) in [5.74, 6) is 0.802. The molecule has 0 aromatic heterocycles. The number of halogens is 1. The Bertz CT molecular complexity index is 583. The van der Waals surface area contributed by atoms with Crippen molar-refractivity contribution in [3.05, 3.63) is 39.9 Å². The zero-order chi connectivity index (χ0) is 14.9. The summed E-state index contributed by atoms with van der Waals surface area (Å²) in [6.07, 6.45) is 7.93. The average molecular weight is 293 g/mol. The number of aromatic hydroxyl groups is 1. The summed E-state index contributed by atoms with van der Waals surface area (Å²) < 4.78 is 6.09. The van der Waals surface area contributed by atoms with Crippen molar-refractivity contribution < 1.29 is 9.84 Å². The quantitative estimate of drug-likeness (QED) is 0.770. The Balaban J connectivity index is 2.29. The van der Waals surface area contributed by atoms with Crippen LogP contribution in [-0.4, -0.2) is 10.7 Å². The van der Waals surface area contributed by atoms with Crippen LogP contribution in [0.5, 0.6) is 11.5 Å². The Morgan fingerprint density at radius 1 is 1.45 bits per heavy atom. The Morgan fingerprint density at radius 3 is 2.80 bits per heavy atom. The number of ether oxygens (including phenoxy) is 1. The molecule has 1 N–H and O–H groups in total. The number of allylic oxidation sites excluding steroid dienone is 2.